The number of hydrogen-bond acceptors (Lipinski definition) is 5. The van der Waals surface area contributed by atoms with Gasteiger partial charge in [0.1, 0.15) is 17.0 Å². The number of hydrogen-bond donors (Lipinski definition) is 2. The van der Waals surface area contributed by atoms with Crippen LogP contribution >= 0.6 is 0 Å². The van der Waals surface area contributed by atoms with Crippen LogP contribution in [0, 0.1) is 5.92 Å². The second-order valence-electron chi connectivity index (χ2n) is 5.06. The molecule has 0 radical (unpaired) electrons. The Kier molecular flexibility index (Phi) is 4.02. The molecule has 0 saturated carbocycles. The quantitative estimate of drug-likeness (QED) is 0.811. The predicted octanol–water partition coefficient (Wildman–Crippen LogP) is 1.68. The van der Waals surface area contributed by atoms with Gasteiger partial charge in [-0.3, -0.25) is 4.79 Å². The molecule has 0 atom stereocenters. The van der Waals surface area contributed by atoms with E-state index in [-0.39, 0.29) is 22.9 Å². The van der Waals surface area contributed by atoms with Crippen LogP contribution in [-0.4, -0.2) is 37.5 Å². The molecule has 0 fully saturated rings. The summed E-state index contributed by atoms with van der Waals surface area (Å²) in [5, 5.41) is 26.3. The van der Waals surface area contributed by atoms with Crippen LogP contribution in [0.3, 0.4) is 0 Å². The van der Waals surface area contributed by atoms with Crippen molar-refractivity contribution in [2.75, 3.05) is 0 Å². The van der Waals surface area contributed by atoms with Gasteiger partial charge in [0.15, 0.2) is 6.29 Å². The van der Waals surface area contributed by atoms with Crippen molar-refractivity contribution in [3.63, 3.8) is 0 Å². The van der Waals surface area contributed by atoms with E-state index in [1.54, 1.807) is 0 Å². The molecule has 110 valence electrons. The molecule has 0 amide bonds. The topological polar surface area (TPSA) is 105 Å². The zero-order valence-corrected chi connectivity index (χ0v) is 11.6. The fraction of sp³-hybridized carbons (Fsp3) is 0.286. The number of aromatic nitrogens is 3. The van der Waals surface area contributed by atoms with E-state index in [1.807, 2.05) is 13.8 Å². The number of aromatic carboxylic acids is 1. The number of nitrogens with zero attached hydrogens (tertiary/aromatic N) is 3. The van der Waals surface area contributed by atoms with Crippen LogP contribution in [0.1, 0.15) is 40.4 Å². The fourth-order valence-electron chi connectivity index (χ4n) is 2.02. The lowest BCUT2D eigenvalue weighted by molar-refractivity contribution is 0.0693. The minimum absolute atomic E-state index is 0.230. The van der Waals surface area contributed by atoms with Gasteiger partial charge in [0, 0.05) is 0 Å². The van der Waals surface area contributed by atoms with Crippen molar-refractivity contribution in [1.82, 2.24) is 15.0 Å². The molecule has 0 aliphatic carbocycles. The summed E-state index contributed by atoms with van der Waals surface area (Å²) >= 11 is 0. The van der Waals surface area contributed by atoms with E-state index in [0.29, 0.717) is 24.1 Å². The van der Waals surface area contributed by atoms with Crippen LogP contribution in [0.2, 0.25) is 0 Å². The third-order valence-corrected chi connectivity index (χ3v) is 2.96. The Morgan fingerprint density at radius 1 is 1.43 bits per heavy atom. The highest BCUT2D eigenvalue weighted by Gasteiger charge is 2.17. The molecule has 2 aromatic rings. The Balaban J connectivity index is 2.56. The normalized spacial score (nSPS) is 10.8. The summed E-state index contributed by atoms with van der Waals surface area (Å²) in [4.78, 5) is 22.1. The highest BCUT2D eigenvalue weighted by molar-refractivity contribution is 5.91. The van der Waals surface area contributed by atoms with Gasteiger partial charge in [0.05, 0.1) is 11.4 Å². The molecule has 2 rings (SSSR count). The molecule has 2 N–H and O–H groups in total. The lowest BCUT2D eigenvalue weighted by Crippen LogP contribution is -2.08. The van der Waals surface area contributed by atoms with Crippen LogP contribution in [0.4, 0.5) is 0 Å². The summed E-state index contributed by atoms with van der Waals surface area (Å²) < 4.78 is 1.43. The van der Waals surface area contributed by atoms with Gasteiger partial charge in [0.2, 0.25) is 0 Å². The largest absolute Gasteiger partial charge is 0.507 e. The molecule has 0 bridgehead atoms. The van der Waals surface area contributed by atoms with E-state index in [9.17, 15) is 14.7 Å². The molecule has 0 aliphatic rings. The van der Waals surface area contributed by atoms with Gasteiger partial charge < -0.3 is 10.2 Å². The monoisotopic (exact) mass is 289 g/mol. The molecule has 7 nitrogen and oxygen atoms in total. The lowest BCUT2D eigenvalue weighted by Gasteiger charge is -2.10. The smallest absolute Gasteiger partial charge is 0.339 e. The third-order valence-electron chi connectivity index (χ3n) is 2.96. The first-order chi connectivity index (χ1) is 9.93. The zero-order chi connectivity index (χ0) is 15.6. The van der Waals surface area contributed by atoms with E-state index in [2.05, 4.69) is 10.3 Å². The van der Waals surface area contributed by atoms with Crippen molar-refractivity contribution >= 4 is 12.3 Å². The fourth-order valence-corrected chi connectivity index (χ4v) is 2.02. The number of rotatable bonds is 5. The molecule has 21 heavy (non-hydrogen) atoms. The van der Waals surface area contributed by atoms with E-state index in [1.165, 1.54) is 22.9 Å². The molecule has 0 saturated heterocycles. The standard InChI is InChI=1S/C14H15N3O4/c1-8(2)5-12-11(7-18)15-16-17(12)9-3-4-13(19)10(6-9)14(20)21/h3-4,6-8,19H,5H2,1-2H3,(H,20,21). The van der Waals surface area contributed by atoms with Crippen LogP contribution in [-0.2, 0) is 6.42 Å². The number of carbonyl (C=O) groups excluding carboxylic acids is 1. The van der Waals surface area contributed by atoms with Crippen molar-refractivity contribution in [3.8, 4) is 11.4 Å². The molecule has 7 heteroatoms. The van der Waals surface area contributed by atoms with Crippen LogP contribution < -0.4 is 0 Å². The molecule has 1 aromatic heterocycles. The van der Waals surface area contributed by atoms with Crippen molar-refractivity contribution in [2.45, 2.75) is 20.3 Å². The number of phenols is 1. The highest BCUT2D eigenvalue weighted by Crippen LogP contribution is 2.22. The minimum atomic E-state index is -1.24. The first-order valence-electron chi connectivity index (χ1n) is 6.40. The minimum Gasteiger partial charge on any atom is -0.507 e. The SMILES string of the molecule is CC(C)Cc1c(C=O)nnn1-c1ccc(O)c(C(=O)O)c1. The van der Waals surface area contributed by atoms with Gasteiger partial charge in [0.25, 0.3) is 0 Å². The zero-order valence-electron chi connectivity index (χ0n) is 11.6. The summed E-state index contributed by atoms with van der Waals surface area (Å²) in [5.74, 6) is -1.29. The maximum atomic E-state index is 11.1. The Hall–Kier alpha value is -2.70. The number of carbonyl (C=O) groups is 2. The Morgan fingerprint density at radius 3 is 2.71 bits per heavy atom. The third kappa shape index (κ3) is 2.91. The van der Waals surface area contributed by atoms with Gasteiger partial charge >= 0.3 is 5.97 Å². The van der Waals surface area contributed by atoms with E-state index < -0.39 is 5.97 Å². The molecule has 0 unspecified atom stereocenters. The predicted molar refractivity (Wildman–Crippen MR) is 73.9 cm³/mol. The summed E-state index contributed by atoms with van der Waals surface area (Å²) in [6, 6.07) is 4.10. The van der Waals surface area contributed by atoms with Gasteiger partial charge in [-0.25, -0.2) is 9.48 Å². The summed E-state index contributed by atoms with van der Waals surface area (Å²) in [6.45, 7) is 3.98. The van der Waals surface area contributed by atoms with Crippen molar-refractivity contribution in [1.29, 1.82) is 0 Å². The summed E-state index contributed by atoms with van der Waals surface area (Å²) in [5.41, 5.74) is 1.04. The van der Waals surface area contributed by atoms with Crippen LogP contribution in [0.5, 0.6) is 5.75 Å². The average Bonchev–Trinajstić information content (AvgIpc) is 2.81. The van der Waals surface area contributed by atoms with E-state index in [0.717, 1.165) is 0 Å². The maximum absolute atomic E-state index is 11.1. The second kappa shape index (κ2) is 5.74. The van der Waals surface area contributed by atoms with Gasteiger partial charge in [-0.15, -0.1) is 5.10 Å². The van der Waals surface area contributed by atoms with Gasteiger partial charge in [-0.1, -0.05) is 19.1 Å². The number of aldehydes is 1. The first-order valence-corrected chi connectivity index (χ1v) is 6.40. The van der Waals surface area contributed by atoms with Crippen molar-refractivity contribution in [2.24, 2.45) is 5.92 Å². The molecule has 0 spiro atoms. The van der Waals surface area contributed by atoms with E-state index >= 15 is 0 Å². The maximum Gasteiger partial charge on any atom is 0.339 e. The molecule has 1 heterocycles. The number of aromatic hydroxyl groups is 1. The molecular weight excluding hydrogens is 274 g/mol. The van der Waals surface area contributed by atoms with E-state index in [4.69, 9.17) is 5.11 Å². The Morgan fingerprint density at radius 2 is 2.14 bits per heavy atom. The molecule has 0 aliphatic heterocycles. The Labute approximate surface area is 120 Å². The number of benzene rings is 1. The summed E-state index contributed by atoms with van der Waals surface area (Å²) in [6.07, 6.45) is 1.20. The molecular formula is C14H15N3O4. The first kappa shape index (κ1) is 14.7. The second-order valence-corrected chi connectivity index (χ2v) is 5.06. The average molecular weight is 289 g/mol. The number of carboxylic acids is 1. The highest BCUT2D eigenvalue weighted by atomic mass is 16.4. The molecule has 1 aromatic carbocycles. The lowest BCUT2D eigenvalue weighted by atomic mass is 10.1. The van der Waals surface area contributed by atoms with Crippen LogP contribution in [0.15, 0.2) is 18.2 Å². The van der Waals surface area contributed by atoms with Crippen molar-refractivity contribution in [3.05, 3.63) is 35.2 Å². The summed E-state index contributed by atoms with van der Waals surface area (Å²) in [7, 11) is 0. The van der Waals surface area contributed by atoms with Crippen LogP contribution in [0.25, 0.3) is 5.69 Å². The van der Waals surface area contributed by atoms with Gasteiger partial charge in [-0.05, 0) is 30.5 Å². The Bertz CT molecular complexity index is 692. The van der Waals surface area contributed by atoms with Gasteiger partial charge in [-0.2, -0.15) is 0 Å². The van der Waals surface area contributed by atoms with Crippen molar-refractivity contribution < 1.29 is 19.8 Å². The number of carboxylic acid groups (broad SMARTS) is 1.